The van der Waals surface area contributed by atoms with Crippen LogP contribution in [0.3, 0.4) is 0 Å². The number of fused-ring (bicyclic) bond motifs is 9. The fourth-order valence-corrected chi connectivity index (χ4v) is 25.2. The number of ketones is 3. The van der Waals surface area contributed by atoms with Gasteiger partial charge in [-0.15, -0.1) is 45.3 Å². The van der Waals surface area contributed by atoms with Gasteiger partial charge in [0.2, 0.25) is 0 Å². The quantitative estimate of drug-likeness (QED) is 0.0119. The number of rotatable bonds is 52. The molecule has 7 aromatic carbocycles. The molecule has 0 saturated heterocycles. The first-order chi connectivity index (χ1) is 72.2. The Morgan fingerprint density at radius 3 is 0.796 bits per heavy atom. The van der Waals surface area contributed by atoms with E-state index in [1.807, 2.05) is 91.0 Å². The van der Waals surface area contributed by atoms with E-state index < -0.39 is 0 Å². The maximum Gasteiger partial charge on any atom is 0.270 e. The zero-order valence-corrected chi connectivity index (χ0v) is 89.7. The first-order valence-electron chi connectivity index (χ1n) is 54.5. The van der Waals surface area contributed by atoms with E-state index in [1.54, 1.807) is 87.3 Å². The first kappa shape index (κ1) is 110. The number of unbranched alkanes of at least 4 members (excludes halogenated alkanes) is 36. The van der Waals surface area contributed by atoms with Crippen LogP contribution in [-0.2, 0) is 0 Å². The molecule has 0 N–H and O–H groups in total. The van der Waals surface area contributed by atoms with E-state index in [1.165, 1.54) is 316 Å². The normalized spacial score (nSPS) is 14.2. The number of carbonyl (C=O) groups is 5. The summed E-state index contributed by atoms with van der Waals surface area (Å²) in [5.74, 6) is -0.366. The number of hydrogen-bond acceptors (Lipinski definition) is 12. The summed E-state index contributed by atoms with van der Waals surface area (Å²) in [6.07, 6.45) is 63.0. The van der Waals surface area contributed by atoms with Gasteiger partial charge in [-0.1, -0.05) is 391 Å². The molecule has 0 atom stereocenters. The summed E-state index contributed by atoms with van der Waals surface area (Å²) in [4.78, 5) is 80.4. The standard InChI is InChI=1S/C72H70N4O2S2.C48H62O2S2.C12H6N2O/c1-5-7-9-11-13-15-17-19-21-23-29-49(30-24-22-20-18-16-14-12-10-8-6-2)68-60-43-50(66-41-37-52(79-66)45-62-69(64(47-73)75-3)56-31-25-27-33-58(56)71(62)77)35-39-54(60)55-40-36-51(44-61(55)68)67-42-38-53(80-67)46-63-70(65(48-74)76-4)57-32-26-28-34-59(57)72(63)78;1-3-5-7-9-11-13-15-17-19-21-23-37(24-22-20-18-16-14-12-10-8-6-4-2)48-44-33-38(46-31-27-40(35-49)51-46)25-29-42(44)43-30-26-39(34-45(43)48)47-32-28-41(36-50)52-47;1-14-11(7-13)10-6-12(15)9-5-3-2-4-8(9)10/h25-28,31-46H,5-24,29-30H2,1-2H3;25-36H,3-24H2,1-2H3;2-5H,6H2/b62-45-,63-46-,69-64-,70-65+;;11-10-. The molecule has 4 aromatic heterocycles. The minimum atomic E-state index is -0.175. The Balaban J connectivity index is 0.000000216. The molecule has 0 unspecified atom stereocenters. The lowest BCUT2D eigenvalue weighted by Crippen LogP contribution is -1.95. The summed E-state index contributed by atoms with van der Waals surface area (Å²) in [5, 5.41) is 28.7. The van der Waals surface area contributed by atoms with Crippen LogP contribution in [0.2, 0.25) is 0 Å². The van der Waals surface area contributed by atoms with Gasteiger partial charge in [0, 0.05) is 74.7 Å². The highest BCUT2D eigenvalue weighted by molar-refractivity contribution is 7.17. The Hall–Kier alpha value is -13.2. The molecule has 0 spiro atoms. The predicted octanol–water partition coefficient (Wildman–Crippen LogP) is 40.0. The fraction of sp³-hybridized carbons (Fsp3) is 0.371. The van der Waals surface area contributed by atoms with Crippen LogP contribution in [0.5, 0.6) is 0 Å². The van der Waals surface area contributed by atoms with Gasteiger partial charge in [-0.3, -0.25) is 24.0 Å². The molecule has 0 bridgehead atoms. The number of Topliss-reactive ketones (excluding diaryl/α,β-unsaturated/α-hetero) is 3. The third kappa shape index (κ3) is 28.2. The van der Waals surface area contributed by atoms with Crippen LogP contribution in [0.15, 0.2) is 234 Å². The lowest BCUT2D eigenvalue weighted by molar-refractivity contribution is 0.100. The molecule has 0 fully saturated rings. The number of allylic oxidation sites excluding steroid dienone is 10. The van der Waals surface area contributed by atoms with E-state index in [0.29, 0.717) is 55.7 Å². The summed E-state index contributed by atoms with van der Waals surface area (Å²) in [6.45, 7) is 31.6. The highest BCUT2D eigenvalue weighted by Crippen LogP contribution is 2.54. The van der Waals surface area contributed by atoms with Gasteiger partial charge in [0.15, 0.2) is 29.9 Å². The molecule has 11 aromatic rings. The highest BCUT2D eigenvalue weighted by atomic mass is 32.1. The SMILES string of the molecule is CCCCCCCCCCCCC(CCCCCCCCCCCC)=C1c2cc(-c3ccc(C=O)s3)ccc2-c2ccc(-c3ccc(C=O)s3)cc21.[C-]#[N+]/C(C#N)=C1/CC(=O)c2ccccc21.[C-]#[N+]/C(C#N)=C1\C(=C\c2ccc(-c3ccc4c(c3)C(=C(CCCCCCCCCCCC)CCCCCCCCCCCC)c3cc(-c5ccc(/C=C6\C(=O)c7ccccc7\C6=C(\C#N)[N+]#[C-])s5)ccc3-4)s2)C(=O)c2ccccc21. The minimum absolute atomic E-state index is 0.0167. The number of benzene rings is 7. The van der Waals surface area contributed by atoms with Crippen molar-refractivity contribution in [2.24, 2.45) is 0 Å². The maximum absolute atomic E-state index is 13.9. The zero-order valence-electron chi connectivity index (χ0n) is 86.5. The Bertz CT molecular complexity index is 6640. The predicted molar refractivity (Wildman–Crippen MR) is 616 cm³/mol. The summed E-state index contributed by atoms with van der Waals surface area (Å²) >= 11 is 6.36. The van der Waals surface area contributed by atoms with E-state index in [9.17, 15) is 34.5 Å². The number of nitrogens with zero attached hydrogens (tertiary/aromatic N) is 6. The van der Waals surface area contributed by atoms with Gasteiger partial charge in [-0.05, 0) is 236 Å². The van der Waals surface area contributed by atoms with Crippen molar-refractivity contribution in [2.75, 3.05) is 0 Å². The minimum Gasteiger partial charge on any atom is -0.297 e. The second kappa shape index (κ2) is 57.2. The van der Waals surface area contributed by atoms with Crippen LogP contribution in [0, 0.1) is 53.7 Å². The smallest absolute Gasteiger partial charge is 0.270 e. The van der Waals surface area contributed by atoms with E-state index in [2.05, 4.69) is 139 Å². The van der Waals surface area contributed by atoms with Crippen molar-refractivity contribution in [3.05, 3.63) is 343 Å². The molecule has 0 saturated carbocycles. The molecule has 16 rings (SSSR count). The van der Waals surface area contributed by atoms with Crippen LogP contribution < -0.4 is 0 Å². The van der Waals surface area contributed by atoms with Crippen molar-refractivity contribution >= 4 is 115 Å². The van der Waals surface area contributed by atoms with E-state index in [0.717, 1.165) is 107 Å². The van der Waals surface area contributed by atoms with Gasteiger partial charge in [0.25, 0.3) is 17.1 Å². The largest absolute Gasteiger partial charge is 0.297 e. The molecule has 0 aliphatic heterocycles. The van der Waals surface area contributed by atoms with Gasteiger partial charge >= 0.3 is 0 Å². The van der Waals surface area contributed by atoms with Crippen LogP contribution in [0.4, 0.5) is 0 Å². The van der Waals surface area contributed by atoms with Crippen molar-refractivity contribution in [3.63, 3.8) is 0 Å². The molecular formula is C132H138N6O5S4. The molecule has 4 heterocycles. The van der Waals surface area contributed by atoms with Gasteiger partial charge < -0.3 is 0 Å². The van der Waals surface area contributed by atoms with Crippen molar-refractivity contribution in [3.8, 4) is 82.2 Å². The maximum atomic E-state index is 13.9. The molecular weight excluding hydrogens is 1880 g/mol. The molecule has 5 aliphatic carbocycles. The second-order valence-corrected chi connectivity index (χ2v) is 44.2. The van der Waals surface area contributed by atoms with Crippen molar-refractivity contribution < 1.29 is 24.0 Å². The third-order valence-corrected chi connectivity index (χ3v) is 33.7. The molecule has 11 nitrogen and oxygen atoms in total. The number of nitriles is 3. The first-order valence-corrected chi connectivity index (χ1v) is 57.8. The van der Waals surface area contributed by atoms with Crippen LogP contribution >= 0.6 is 45.3 Å². The van der Waals surface area contributed by atoms with E-state index in [-0.39, 0.29) is 40.9 Å². The summed E-state index contributed by atoms with van der Waals surface area (Å²) in [7, 11) is 0. The summed E-state index contributed by atoms with van der Waals surface area (Å²) < 4.78 is 0. The average Bonchev–Trinajstić information content (AvgIpc) is 1.58. The van der Waals surface area contributed by atoms with Crippen molar-refractivity contribution in [1.82, 2.24) is 0 Å². The number of thiophene rings is 4. The molecule has 750 valence electrons. The van der Waals surface area contributed by atoms with Crippen LogP contribution in [0.25, 0.3) is 119 Å². The highest BCUT2D eigenvalue weighted by Gasteiger charge is 2.36. The monoisotopic (exact) mass is 2010 g/mol. The average molecular weight is 2020 g/mol. The van der Waals surface area contributed by atoms with Gasteiger partial charge in [0.05, 0.1) is 47.7 Å². The van der Waals surface area contributed by atoms with Crippen LogP contribution in [-0.4, -0.2) is 29.9 Å². The topological polar surface area (TPSA) is 170 Å². The number of carbonyl (C=O) groups excluding carboxylic acids is 5. The van der Waals surface area contributed by atoms with E-state index in [4.69, 9.17) is 25.0 Å². The van der Waals surface area contributed by atoms with Gasteiger partial charge in [0.1, 0.15) is 0 Å². The number of aldehydes is 2. The fourth-order valence-electron chi connectivity index (χ4n) is 21.6. The number of hydrogen-bond donors (Lipinski definition) is 0. The lowest BCUT2D eigenvalue weighted by Gasteiger charge is -2.16. The molecule has 0 radical (unpaired) electrons. The Morgan fingerprint density at radius 1 is 0.279 bits per heavy atom. The van der Waals surface area contributed by atoms with Gasteiger partial charge in [-0.2, -0.15) is 0 Å². The Labute approximate surface area is 890 Å². The Morgan fingerprint density at radius 2 is 0.531 bits per heavy atom. The zero-order chi connectivity index (χ0) is 103. The van der Waals surface area contributed by atoms with Crippen molar-refractivity contribution in [2.45, 2.75) is 317 Å². The van der Waals surface area contributed by atoms with Crippen molar-refractivity contribution in [1.29, 1.82) is 15.8 Å². The van der Waals surface area contributed by atoms with E-state index >= 15 is 0 Å². The summed E-state index contributed by atoms with van der Waals surface area (Å²) in [6, 6.07) is 71.5. The second-order valence-electron chi connectivity index (χ2n) is 39.7. The molecule has 5 aliphatic rings. The van der Waals surface area contributed by atoms with Crippen LogP contribution in [0.1, 0.15) is 416 Å². The third-order valence-electron chi connectivity index (χ3n) is 29.4. The summed E-state index contributed by atoms with van der Waals surface area (Å²) in [5.41, 5.74) is 26.4. The molecule has 147 heavy (non-hydrogen) atoms. The molecule has 15 heteroatoms. The molecule has 0 amide bonds. The van der Waals surface area contributed by atoms with Gasteiger partial charge in [-0.25, -0.2) is 30.3 Å². The Kier molecular flexibility index (Phi) is 42.6. The lowest BCUT2D eigenvalue weighted by atomic mass is 9.89.